The summed E-state index contributed by atoms with van der Waals surface area (Å²) in [6, 6.07) is 10.9. The number of nitriles is 1. The molecule has 2 aromatic rings. The first-order chi connectivity index (χ1) is 10.7. The Balaban J connectivity index is 2.24. The monoisotopic (exact) mass is 407 g/mol. The number of nitrogens with one attached hydrogen (secondary N) is 1. The molecule has 1 N–H and O–H groups in total. The number of rotatable bonds is 8. The molecule has 0 saturated carbocycles. The Labute approximate surface area is 146 Å². The van der Waals surface area contributed by atoms with Crippen molar-refractivity contribution in [3.05, 3.63) is 51.6 Å². The van der Waals surface area contributed by atoms with Gasteiger partial charge >= 0.3 is 0 Å². The summed E-state index contributed by atoms with van der Waals surface area (Å²) in [5, 5.41) is 9.96. The quantitative estimate of drug-likeness (QED) is 0.495. The molecule has 0 spiro atoms. The normalized spacial score (nSPS) is 13.5. The second kappa shape index (κ2) is 8.33. The van der Waals surface area contributed by atoms with E-state index in [9.17, 15) is 5.26 Å². The zero-order valence-corrected chi connectivity index (χ0v) is 15.1. The van der Waals surface area contributed by atoms with E-state index >= 15 is 0 Å². The molecule has 0 bridgehead atoms. The highest BCUT2D eigenvalue weighted by Gasteiger charge is 2.33. The molecular weight excluding hydrogens is 385 g/mol. The number of nitrogens with zero attached hydrogens (tertiary/aromatic N) is 2. The fourth-order valence-electron chi connectivity index (χ4n) is 2.80. The van der Waals surface area contributed by atoms with Crippen LogP contribution in [0.1, 0.15) is 50.4 Å². The molecule has 0 radical (unpaired) electrons. The molecule has 0 fully saturated rings. The lowest BCUT2D eigenvalue weighted by atomic mass is 9.74. The standard InChI is InChI=1S/C18H22IN3/c1-2-3-4-5-10-18(14-20,13-17-21-11-12-22-17)15-6-8-16(19)9-7-15/h6-9,11-12H,2-5,10,13H2,1H3,(H,21,22). The second-order valence-electron chi connectivity index (χ2n) is 5.72. The molecule has 2 rings (SSSR count). The van der Waals surface area contributed by atoms with E-state index in [1.165, 1.54) is 22.8 Å². The van der Waals surface area contributed by atoms with Gasteiger partial charge in [0.05, 0.1) is 11.5 Å². The van der Waals surface area contributed by atoms with Crippen molar-refractivity contribution < 1.29 is 0 Å². The van der Waals surface area contributed by atoms with Gasteiger partial charge in [0.25, 0.3) is 0 Å². The molecule has 4 heteroatoms. The molecule has 1 heterocycles. The minimum Gasteiger partial charge on any atom is -0.349 e. The summed E-state index contributed by atoms with van der Waals surface area (Å²) in [7, 11) is 0. The summed E-state index contributed by atoms with van der Waals surface area (Å²) in [6.45, 7) is 2.21. The molecule has 1 atom stereocenters. The number of hydrogen-bond donors (Lipinski definition) is 1. The van der Waals surface area contributed by atoms with E-state index < -0.39 is 5.41 Å². The minimum atomic E-state index is -0.490. The molecule has 22 heavy (non-hydrogen) atoms. The van der Waals surface area contributed by atoms with E-state index in [2.05, 4.69) is 69.8 Å². The molecule has 0 amide bonds. The molecule has 3 nitrogen and oxygen atoms in total. The summed E-state index contributed by atoms with van der Waals surface area (Å²) >= 11 is 2.30. The maximum atomic E-state index is 9.96. The molecule has 1 unspecified atom stereocenters. The molecule has 0 aliphatic carbocycles. The van der Waals surface area contributed by atoms with Crippen LogP contribution < -0.4 is 0 Å². The van der Waals surface area contributed by atoms with Crippen LogP contribution in [0.25, 0.3) is 0 Å². The third-order valence-corrected chi connectivity index (χ3v) is 4.81. The van der Waals surface area contributed by atoms with Crippen LogP contribution in [0.5, 0.6) is 0 Å². The van der Waals surface area contributed by atoms with Crippen LogP contribution >= 0.6 is 22.6 Å². The number of imidazole rings is 1. The Bertz CT molecular complexity index is 598. The largest absolute Gasteiger partial charge is 0.349 e. The van der Waals surface area contributed by atoms with E-state index in [0.717, 1.165) is 24.2 Å². The Morgan fingerprint density at radius 2 is 2.00 bits per heavy atom. The number of benzene rings is 1. The number of hydrogen-bond acceptors (Lipinski definition) is 2. The summed E-state index contributed by atoms with van der Waals surface area (Å²) in [4.78, 5) is 7.47. The molecule has 1 aromatic carbocycles. The third kappa shape index (κ3) is 4.33. The first-order valence-corrected chi connectivity index (χ1v) is 8.93. The van der Waals surface area contributed by atoms with Gasteiger partial charge < -0.3 is 4.98 Å². The average Bonchev–Trinajstić information content (AvgIpc) is 3.04. The van der Waals surface area contributed by atoms with Gasteiger partial charge in [0, 0.05) is 22.4 Å². The predicted octanol–water partition coefficient (Wildman–Crippen LogP) is 4.99. The fourth-order valence-corrected chi connectivity index (χ4v) is 3.16. The minimum absolute atomic E-state index is 0.490. The van der Waals surface area contributed by atoms with Gasteiger partial charge in [-0.05, 0) is 46.7 Å². The van der Waals surface area contributed by atoms with Crippen molar-refractivity contribution in [3.63, 3.8) is 0 Å². The maximum Gasteiger partial charge on any atom is 0.107 e. The Kier molecular flexibility index (Phi) is 6.44. The van der Waals surface area contributed by atoms with E-state index in [1.807, 2.05) is 6.20 Å². The van der Waals surface area contributed by atoms with Gasteiger partial charge in [-0.3, -0.25) is 0 Å². The zero-order valence-electron chi connectivity index (χ0n) is 13.0. The Hall–Kier alpha value is -1.35. The first-order valence-electron chi connectivity index (χ1n) is 7.86. The Morgan fingerprint density at radius 1 is 1.23 bits per heavy atom. The number of aromatic amines is 1. The lowest BCUT2D eigenvalue weighted by molar-refractivity contribution is 0.455. The van der Waals surface area contributed by atoms with Gasteiger partial charge in [-0.25, -0.2) is 4.98 Å². The van der Waals surface area contributed by atoms with Gasteiger partial charge in [0.1, 0.15) is 5.82 Å². The lowest BCUT2D eigenvalue weighted by Gasteiger charge is -2.26. The van der Waals surface area contributed by atoms with Crippen LogP contribution in [-0.2, 0) is 11.8 Å². The summed E-state index contributed by atoms with van der Waals surface area (Å²) in [5.74, 6) is 0.885. The molecule has 1 aromatic heterocycles. The zero-order chi connectivity index (χ0) is 15.8. The maximum absolute atomic E-state index is 9.96. The number of aromatic nitrogens is 2. The van der Waals surface area contributed by atoms with Crippen molar-refractivity contribution in [1.29, 1.82) is 5.26 Å². The topological polar surface area (TPSA) is 52.5 Å². The number of unbranched alkanes of at least 4 members (excludes halogenated alkanes) is 3. The van der Waals surface area contributed by atoms with Crippen LogP contribution in [0, 0.1) is 14.9 Å². The molecule has 0 aliphatic rings. The second-order valence-corrected chi connectivity index (χ2v) is 6.97. The first kappa shape index (κ1) is 17.0. The number of H-pyrrole nitrogens is 1. The van der Waals surface area contributed by atoms with Crippen LogP contribution in [0.2, 0.25) is 0 Å². The lowest BCUT2D eigenvalue weighted by Crippen LogP contribution is -2.28. The summed E-state index contributed by atoms with van der Waals surface area (Å²) < 4.78 is 1.19. The van der Waals surface area contributed by atoms with Crippen molar-refractivity contribution in [2.75, 3.05) is 0 Å². The van der Waals surface area contributed by atoms with E-state index in [0.29, 0.717) is 6.42 Å². The molecule has 0 saturated heterocycles. The van der Waals surface area contributed by atoms with Gasteiger partial charge in [0.2, 0.25) is 0 Å². The number of halogens is 1. The van der Waals surface area contributed by atoms with Crippen LogP contribution in [0.4, 0.5) is 0 Å². The van der Waals surface area contributed by atoms with Crippen molar-refractivity contribution in [2.45, 2.75) is 50.9 Å². The smallest absolute Gasteiger partial charge is 0.107 e. The Morgan fingerprint density at radius 3 is 2.59 bits per heavy atom. The fraction of sp³-hybridized carbons (Fsp3) is 0.444. The summed E-state index contributed by atoms with van der Waals surface area (Å²) in [5.41, 5.74) is 0.610. The van der Waals surface area contributed by atoms with Crippen molar-refractivity contribution in [3.8, 4) is 6.07 Å². The van der Waals surface area contributed by atoms with Crippen LogP contribution in [0.3, 0.4) is 0 Å². The van der Waals surface area contributed by atoms with Crippen molar-refractivity contribution in [1.82, 2.24) is 9.97 Å². The highest BCUT2D eigenvalue weighted by Crippen LogP contribution is 2.33. The molecule has 116 valence electrons. The SMILES string of the molecule is CCCCCCC(C#N)(Cc1ncc[nH]1)c1ccc(I)cc1. The molecule has 0 aliphatic heterocycles. The third-order valence-electron chi connectivity index (χ3n) is 4.09. The van der Waals surface area contributed by atoms with Crippen LogP contribution in [0.15, 0.2) is 36.7 Å². The molecular formula is C18H22IN3. The van der Waals surface area contributed by atoms with Gasteiger partial charge in [-0.2, -0.15) is 5.26 Å². The van der Waals surface area contributed by atoms with Crippen molar-refractivity contribution in [2.24, 2.45) is 0 Å². The highest BCUT2D eigenvalue weighted by molar-refractivity contribution is 14.1. The summed E-state index contributed by atoms with van der Waals surface area (Å²) in [6.07, 6.45) is 9.80. The van der Waals surface area contributed by atoms with Gasteiger partial charge in [-0.15, -0.1) is 0 Å². The highest BCUT2D eigenvalue weighted by atomic mass is 127. The van der Waals surface area contributed by atoms with E-state index in [-0.39, 0.29) is 0 Å². The predicted molar refractivity (Wildman–Crippen MR) is 97.5 cm³/mol. The van der Waals surface area contributed by atoms with Crippen LogP contribution in [-0.4, -0.2) is 9.97 Å². The average molecular weight is 407 g/mol. The van der Waals surface area contributed by atoms with Crippen molar-refractivity contribution >= 4 is 22.6 Å². The van der Waals surface area contributed by atoms with Gasteiger partial charge in [0.15, 0.2) is 0 Å². The van der Waals surface area contributed by atoms with E-state index in [1.54, 1.807) is 6.20 Å². The van der Waals surface area contributed by atoms with Gasteiger partial charge in [-0.1, -0.05) is 44.7 Å². The van der Waals surface area contributed by atoms with E-state index in [4.69, 9.17) is 0 Å².